The van der Waals surface area contributed by atoms with Gasteiger partial charge in [-0.15, -0.1) is 0 Å². The first-order chi connectivity index (χ1) is 10.2. The van der Waals surface area contributed by atoms with Crippen molar-refractivity contribution in [1.29, 1.82) is 0 Å². The summed E-state index contributed by atoms with van der Waals surface area (Å²) in [5, 5.41) is 3.14. The van der Waals surface area contributed by atoms with Crippen LogP contribution in [0.2, 0.25) is 0 Å². The Morgan fingerprint density at radius 1 is 1.19 bits per heavy atom. The van der Waals surface area contributed by atoms with E-state index in [1.807, 2.05) is 23.1 Å². The molecule has 1 N–H and O–H groups in total. The van der Waals surface area contributed by atoms with Gasteiger partial charge in [0.15, 0.2) is 0 Å². The van der Waals surface area contributed by atoms with Crippen LogP contribution in [0.25, 0.3) is 0 Å². The second-order valence-corrected chi connectivity index (χ2v) is 6.40. The molecule has 1 aliphatic carbocycles. The van der Waals surface area contributed by atoms with Crippen LogP contribution in [0, 0.1) is 5.92 Å². The van der Waals surface area contributed by atoms with E-state index in [9.17, 15) is 4.79 Å². The van der Waals surface area contributed by atoms with Crippen molar-refractivity contribution >= 4 is 6.03 Å². The van der Waals surface area contributed by atoms with E-state index in [1.54, 1.807) is 0 Å². The molecule has 1 saturated carbocycles. The second kappa shape index (κ2) is 8.06. The summed E-state index contributed by atoms with van der Waals surface area (Å²) < 4.78 is 0. The van der Waals surface area contributed by atoms with Crippen LogP contribution >= 0.6 is 0 Å². The van der Waals surface area contributed by atoms with Crippen molar-refractivity contribution in [3.05, 3.63) is 35.9 Å². The number of urea groups is 1. The Balaban J connectivity index is 1.86. The quantitative estimate of drug-likeness (QED) is 0.866. The average Bonchev–Trinajstić information content (AvgIpc) is 2.52. The van der Waals surface area contributed by atoms with Crippen molar-refractivity contribution in [1.82, 2.24) is 10.2 Å². The van der Waals surface area contributed by atoms with Crippen molar-refractivity contribution in [2.24, 2.45) is 5.92 Å². The fourth-order valence-electron chi connectivity index (χ4n) is 2.99. The maximum absolute atomic E-state index is 12.4. The smallest absolute Gasteiger partial charge is 0.317 e. The van der Waals surface area contributed by atoms with E-state index in [2.05, 4.69) is 31.3 Å². The molecule has 0 aromatic heterocycles. The van der Waals surface area contributed by atoms with Gasteiger partial charge in [-0.3, -0.25) is 0 Å². The van der Waals surface area contributed by atoms with Crippen LogP contribution in [0.15, 0.2) is 30.3 Å². The summed E-state index contributed by atoms with van der Waals surface area (Å²) in [4.78, 5) is 14.4. The normalized spacial score (nSPS) is 16.0. The highest BCUT2D eigenvalue weighted by molar-refractivity contribution is 5.74. The van der Waals surface area contributed by atoms with Crippen LogP contribution < -0.4 is 5.32 Å². The number of amides is 2. The SMILES string of the molecule is CC(C)N(Cc1ccccc1)C(=O)NCC1CCCCC1. The maximum Gasteiger partial charge on any atom is 0.317 e. The van der Waals surface area contributed by atoms with Crippen LogP contribution in [0.1, 0.15) is 51.5 Å². The molecular formula is C18H28N2O. The minimum absolute atomic E-state index is 0.0689. The minimum Gasteiger partial charge on any atom is -0.338 e. The molecule has 2 rings (SSSR count). The number of rotatable bonds is 5. The van der Waals surface area contributed by atoms with Crippen LogP contribution in [-0.2, 0) is 6.54 Å². The Morgan fingerprint density at radius 2 is 1.86 bits per heavy atom. The Hall–Kier alpha value is -1.51. The lowest BCUT2D eigenvalue weighted by Crippen LogP contribution is -2.45. The van der Waals surface area contributed by atoms with E-state index in [0.717, 1.165) is 6.54 Å². The van der Waals surface area contributed by atoms with Crippen LogP contribution in [0.3, 0.4) is 0 Å². The Labute approximate surface area is 128 Å². The van der Waals surface area contributed by atoms with Crippen LogP contribution in [0.4, 0.5) is 4.79 Å². The minimum atomic E-state index is 0.0689. The van der Waals surface area contributed by atoms with Crippen LogP contribution in [0.5, 0.6) is 0 Å². The average molecular weight is 288 g/mol. The van der Waals surface area contributed by atoms with Gasteiger partial charge in [-0.1, -0.05) is 49.6 Å². The summed E-state index contributed by atoms with van der Waals surface area (Å²) in [7, 11) is 0. The van der Waals surface area contributed by atoms with Crippen LogP contribution in [-0.4, -0.2) is 23.5 Å². The Kier molecular flexibility index (Phi) is 6.09. The Bertz CT molecular complexity index is 424. The van der Waals surface area contributed by atoms with Gasteiger partial charge in [-0.05, 0) is 38.2 Å². The van der Waals surface area contributed by atoms with Crippen molar-refractivity contribution in [2.75, 3.05) is 6.54 Å². The van der Waals surface area contributed by atoms with Gasteiger partial charge >= 0.3 is 6.03 Å². The van der Waals surface area contributed by atoms with Gasteiger partial charge in [-0.25, -0.2) is 4.79 Å². The molecule has 3 heteroatoms. The predicted molar refractivity (Wildman–Crippen MR) is 87.1 cm³/mol. The summed E-state index contributed by atoms with van der Waals surface area (Å²) in [6, 6.07) is 10.5. The first-order valence-corrected chi connectivity index (χ1v) is 8.25. The molecule has 116 valence electrons. The van der Waals surface area contributed by atoms with E-state index >= 15 is 0 Å². The van der Waals surface area contributed by atoms with E-state index in [-0.39, 0.29) is 12.1 Å². The third kappa shape index (κ3) is 5.07. The van der Waals surface area contributed by atoms with Crippen molar-refractivity contribution in [3.63, 3.8) is 0 Å². The molecule has 0 unspecified atom stereocenters. The number of hydrogen-bond donors (Lipinski definition) is 1. The van der Waals surface area contributed by atoms with Gasteiger partial charge in [0.1, 0.15) is 0 Å². The Morgan fingerprint density at radius 3 is 2.48 bits per heavy atom. The highest BCUT2D eigenvalue weighted by Gasteiger charge is 2.19. The highest BCUT2D eigenvalue weighted by atomic mass is 16.2. The zero-order valence-electron chi connectivity index (χ0n) is 13.3. The van der Waals surface area contributed by atoms with Gasteiger partial charge in [0.05, 0.1) is 0 Å². The topological polar surface area (TPSA) is 32.3 Å². The summed E-state index contributed by atoms with van der Waals surface area (Å²) >= 11 is 0. The van der Waals surface area contributed by atoms with Gasteiger partial charge in [0, 0.05) is 19.1 Å². The molecule has 0 heterocycles. The lowest BCUT2D eigenvalue weighted by molar-refractivity contribution is 0.176. The molecular weight excluding hydrogens is 260 g/mol. The fraction of sp³-hybridized carbons (Fsp3) is 0.611. The van der Waals surface area contributed by atoms with Gasteiger partial charge in [-0.2, -0.15) is 0 Å². The summed E-state index contributed by atoms with van der Waals surface area (Å²) in [6.07, 6.45) is 6.52. The molecule has 2 amide bonds. The maximum atomic E-state index is 12.4. The molecule has 3 nitrogen and oxygen atoms in total. The zero-order chi connectivity index (χ0) is 15.1. The van der Waals surface area contributed by atoms with Crippen molar-refractivity contribution < 1.29 is 4.79 Å². The fourth-order valence-corrected chi connectivity index (χ4v) is 2.99. The molecule has 0 saturated heterocycles. The molecule has 0 radical (unpaired) electrons. The lowest BCUT2D eigenvalue weighted by Gasteiger charge is -2.29. The molecule has 1 aliphatic rings. The largest absolute Gasteiger partial charge is 0.338 e. The first-order valence-electron chi connectivity index (χ1n) is 8.25. The number of hydrogen-bond acceptors (Lipinski definition) is 1. The van der Waals surface area contributed by atoms with E-state index in [1.165, 1.54) is 37.7 Å². The number of nitrogens with one attached hydrogen (secondary N) is 1. The predicted octanol–water partition coefficient (Wildman–Crippen LogP) is 4.19. The zero-order valence-corrected chi connectivity index (χ0v) is 13.3. The van der Waals surface area contributed by atoms with Gasteiger partial charge < -0.3 is 10.2 Å². The van der Waals surface area contributed by atoms with E-state index in [0.29, 0.717) is 12.5 Å². The number of carbonyl (C=O) groups excluding carboxylic acids is 1. The second-order valence-electron chi connectivity index (χ2n) is 6.40. The molecule has 0 aliphatic heterocycles. The standard InChI is InChI=1S/C18H28N2O/c1-15(2)20(14-17-11-7-4-8-12-17)18(21)19-13-16-9-5-3-6-10-16/h4,7-8,11-12,15-16H,3,5-6,9-10,13-14H2,1-2H3,(H,19,21). The molecule has 0 bridgehead atoms. The molecule has 0 spiro atoms. The third-order valence-corrected chi connectivity index (χ3v) is 4.35. The highest BCUT2D eigenvalue weighted by Crippen LogP contribution is 2.22. The molecule has 1 fully saturated rings. The molecule has 0 atom stereocenters. The summed E-state index contributed by atoms with van der Waals surface area (Å²) in [5.74, 6) is 0.674. The molecule has 1 aromatic rings. The lowest BCUT2D eigenvalue weighted by atomic mass is 9.89. The summed E-state index contributed by atoms with van der Waals surface area (Å²) in [5.41, 5.74) is 1.18. The molecule has 21 heavy (non-hydrogen) atoms. The van der Waals surface area contributed by atoms with Crippen molar-refractivity contribution in [3.8, 4) is 0 Å². The number of carbonyl (C=O) groups is 1. The number of benzene rings is 1. The van der Waals surface area contributed by atoms with Gasteiger partial charge in [0.25, 0.3) is 0 Å². The van der Waals surface area contributed by atoms with Crippen molar-refractivity contribution in [2.45, 2.75) is 58.5 Å². The first kappa shape index (κ1) is 15.9. The monoisotopic (exact) mass is 288 g/mol. The molecule has 1 aromatic carbocycles. The van der Waals surface area contributed by atoms with E-state index in [4.69, 9.17) is 0 Å². The summed E-state index contributed by atoms with van der Waals surface area (Å²) in [6.45, 7) is 5.65. The third-order valence-electron chi connectivity index (χ3n) is 4.35. The van der Waals surface area contributed by atoms with E-state index < -0.39 is 0 Å². The van der Waals surface area contributed by atoms with Gasteiger partial charge in [0.2, 0.25) is 0 Å². The number of nitrogens with zero attached hydrogens (tertiary/aromatic N) is 1.